The SMILES string of the molecule is COC(=O)c1cccnc1Sc1nc(C)c(CC(=O)O)s1. The summed E-state index contributed by atoms with van der Waals surface area (Å²) in [5, 5.41) is 9.32. The molecule has 6 nitrogen and oxygen atoms in total. The quantitative estimate of drug-likeness (QED) is 0.845. The first-order valence-electron chi connectivity index (χ1n) is 5.90. The van der Waals surface area contributed by atoms with Gasteiger partial charge in [-0.1, -0.05) is 0 Å². The van der Waals surface area contributed by atoms with Gasteiger partial charge in [0.15, 0.2) is 4.34 Å². The molecule has 0 saturated carbocycles. The number of aryl methyl sites for hydroxylation is 1. The summed E-state index contributed by atoms with van der Waals surface area (Å²) in [6, 6.07) is 3.28. The Kier molecular flexibility index (Phi) is 4.92. The number of rotatable bonds is 5. The Morgan fingerprint density at radius 1 is 1.48 bits per heavy atom. The zero-order chi connectivity index (χ0) is 15.4. The van der Waals surface area contributed by atoms with Crippen molar-refractivity contribution in [2.75, 3.05) is 7.11 Å². The summed E-state index contributed by atoms with van der Waals surface area (Å²) in [5.74, 6) is -1.36. The molecule has 0 amide bonds. The highest BCUT2D eigenvalue weighted by Crippen LogP contribution is 2.33. The van der Waals surface area contributed by atoms with Gasteiger partial charge in [0.25, 0.3) is 0 Å². The fraction of sp³-hybridized carbons (Fsp3) is 0.231. The van der Waals surface area contributed by atoms with E-state index in [1.165, 1.54) is 30.2 Å². The van der Waals surface area contributed by atoms with E-state index in [-0.39, 0.29) is 6.42 Å². The molecule has 0 aromatic carbocycles. The molecule has 0 spiro atoms. The van der Waals surface area contributed by atoms with Gasteiger partial charge in [0.1, 0.15) is 5.03 Å². The number of hydrogen-bond donors (Lipinski definition) is 1. The van der Waals surface area contributed by atoms with E-state index in [2.05, 4.69) is 9.97 Å². The van der Waals surface area contributed by atoms with Gasteiger partial charge in [0, 0.05) is 11.1 Å². The zero-order valence-electron chi connectivity index (χ0n) is 11.3. The predicted molar refractivity (Wildman–Crippen MR) is 77.9 cm³/mol. The fourth-order valence-corrected chi connectivity index (χ4v) is 3.78. The molecule has 21 heavy (non-hydrogen) atoms. The first-order chi connectivity index (χ1) is 10.0. The topological polar surface area (TPSA) is 89.4 Å². The molecule has 1 N–H and O–H groups in total. The summed E-state index contributed by atoms with van der Waals surface area (Å²) in [7, 11) is 1.31. The first kappa shape index (κ1) is 15.5. The fourth-order valence-electron chi connectivity index (χ4n) is 1.57. The number of esters is 1. The molecule has 2 heterocycles. The maximum Gasteiger partial charge on any atom is 0.340 e. The van der Waals surface area contributed by atoms with Crippen LogP contribution in [0.25, 0.3) is 0 Å². The number of pyridine rings is 1. The molecule has 2 rings (SSSR count). The Morgan fingerprint density at radius 3 is 2.90 bits per heavy atom. The monoisotopic (exact) mass is 324 g/mol. The van der Waals surface area contributed by atoms with Crippen molar-refractivity contribution in [2.45, 2.75) is 22.7 Å². The van der Waals surface area contributed by atoms with Crippen molar-refractivity contribution in [3.63, 3.8) is 0 Å². The third kappa shape index (κ3) is 3.79. The number of carboxylic acid groups (broad SMARTS) is 1. The largest absolute Gasteiger partial charge is 0.481 e. The smallest absolute Gasteiger partial charge is 0.340 e. The summed E-state index contributed by atoms with van der Waals surface area (Å²) in [6.07, 6.45) is 1.52. The predicted octanol–water partition coefficient (Wildman–Crippen LogP) is 2.41. The van der Waals surface area contributed by atoms with Crippen LogP contribution in [0.1, 0.15) is 20.9 Å². The van der Waals surface area contributed by atoms with E-state index in [1.807, 2.05) is 0 Å². The molecule has 0 fully saturated rings. The Labute approximate surface area is 129 Å². The van der Waals surface area contributed by atoms with Gasteiger partial charge < -0.3 is 9.84 Å². The highest BCUT2D eigenvalue weighted by Gasteiger charge is 2.17. The molecule has 110 valence electrons. The number of aromatic nitrogens is 2. The lowest BCUT2D eigenvalue weighted by Crippen LogP contribution is -2.03. The molecule has 8 heteroatoms. The molecule has 0 aliphatic carbocycles. The van der Waals surface area contributed by atoms with Crippen molar-refractivity contribution < 1.29 is 19.4 Å². The van der Waals surface area contributed by atoms with Gasteiger partial charge in [-0.2, -0.15) is 0 Å². The van der Waals surface area contributed by atoms with E-state index < -0.39 is 11.9 Å². The normalized spacial score (nSPS) is 10.4. The highest BCUT2D eigenvalue weighted by molar-refractivity contribution is 8.01. The number of carbonyl (C=O) groups is 2. The Morgan fingerprint density at radius 2 is 2.24 bits per heavy atom. The van der Waals surface area contributed by atoms with E-state index in [0.29, 0.717) is 25.5 Å². The van der Waals surface area contributed by atoms with Gasteiger partial charge in [-0.15, -0.1) is 11.3 Å². The number of thiazole rings is 1. The minimum Gasteiger partial charge on any atom is -0.481 e. The first-order valence-corrected chi connectivity index (χ1v) is 7.54. The highest BCUT2D eigenvalue weighted by atomic mass is 32.2. The number of carbonyl (C=O) groups excluding carboxylic acids is 1. The second-order valence-electron chi connectivity index (χ2n) is 4.01. The number of methoxy groups -OCH3 is 1. The van der Waals surface area contributed by atoms with Gasteiger partial charge in [-0.3, -0.25) is 4.79 Å². The van der Waals surface area contributed by atoms with Crippen LogP contribution in [0.4, 0.5) is 0 Å². The molecule has 0 aliphatic heterocycles. The molecule has 2 aromatic heterocycles. The molecule has 0 radical (unpaired) electrons. The summed E-state index contributed by atoms with van der Waals surface area (Å²) >= 11 is 2.51. The number of hydrogen-bond acceptors (Lipinski definition) is 7. The van der Waals surface area contributed by atoms with E-state index >= 15 is 0 Å². The second kappa shape index (κ2) is 6.68. The second-order valence-corrected chi connectivity index (χ2v) is 6.33. The van der Waals surface area contributed by atoms with Crippen molar-refractivity contribution in [3.8, 4) is 0 Å². The van der Waals surface area contributed by atoms with Crippen LogP contribution < -0.4 is 0 Å². The van der Waals surface area contributed by atoms with Crippen LogP contribution >= 0.6 is 23.1 Å². The van der Waals surface area contributed by atoms with Gasteiger partial charge >= 0.3 is 11.9 Å². The molecule has 2 aromatic rings. The van der Waals surface area contributed by atoms with Crippen molar-refractivity contribution in [3.05, 3.63) is 34.5 Å². The molecule has 0 bridgehead atoms. The van der Waals surface area contributed by atoms with Gasteiger partial charge in [0.05, 0.1) is 24.8 Å². The van der Waals surface area contributed by atoms with Crippen LogP contribution in [0.3, 0.4) is 0 Å². The van der Waals surface area contributed by atoms with Crippen molar-refractivity contribution in [1.29, 1.82) is 0 Å². The number of nitrogens with zero attached hydrogens (tertiary/aromatic N) is 2. The summed E-state index contributed by atoms with van der Waals surface area (Å²) in [6.45, 7) is 1.76. The summed E-state index contributed by atoms with van der Waals surface area (Å²) in [5.41, 5.74) is 1.04. The van der Waals surface area contributed by atoms with E-state index in [1.54, 1.807) is 25.3 Å². The van der Waals surface area contributed by atoms with Crippen LogP contribution in [0.15, 0.2) is 27.7 Å². The van der Waals surface area contributed by atoms with Crippen molar-refractivity contribution >= 4 is 35.0 Å². The van der Waals surface area contributed by atoms with Crippen molar-refractivity contribution in [1.82, 2.24) is 9.97 Å². The minimum absolute atomic E-state index is 0.0594. The Bertz CT molecular complexity index is 685. The van der Waals surface area contributed by atoms with Gasteiger partial charge in [0.2, 0.25) is 0 Å². The zero-order valence-corrected chi connectivity index (χ0v) is 13.0. The van der Waals surface area contributed by atoms with Gasteiger partial charge in [-0.05, 0) is 30.8 Å². The lowest BCUT2D eigenvalue weighted by molar-refractivity contribution is -0.136. The lowest BCUT2D eigenvalue weighted by Gasteiger charge is -2.03. The van der Waals surface area contributed by atoms with Gasteiger partial charge in [-0.25, -0.2) is 14.8 Å². The van der Waals surface area contributed by atoms with Crippen LogP contribution in [0, 0.1) is 6.92 Å². The molecular formula is C13H12N2O4S2. The molecule has 0 saturated heterocycles. The van der Waals surface area contributed by atoms with E-state index in [0.717, 1.165) is 0 Å². The molecule has 0 aliphatic rings. The Hall–Kier alpha value is -1.93. The maximum atomic E-state index is 11.7. The standard InChI is InChI=1S/C13H12N2O4S2/c1-7-9(6-10(16)17)20-13(15-7)21-11-8(12(18)19-2)4-3-5-14-11/h3-5H,6H2,1-2H3,(H,16,17). The van der Waals surface area contributed by atoms with Crippen LogP contribution in [0.2, 0.25) is 0 Å². The molecule has 0 unspecified atom stereocenters. The van der Waals surface area contributed by atoms with Crippen LogP contribution in [0.5, 0.6) is 0 Å². The molecular weight excluding hydrogens is 312 g/mol. The summed E-state index contributed by atoms with van der Waals surface area (Å²) < 4.78 is 5.36. The Balaban J connectivity index is 2.27. The number of aliphatic carboxylic acids is 1. The summed E-state index contributed by atoms with van der Waals surface area (Å²) in [4.78, 5) is 31.6. The number of carboxylic acids is 1. The average molecular weight is 324 g/mol. The third-order valence-electron chi connectivity index (χ3n) is 2.55. The van der Waals surface area contributed by atoms with E-state index in [9.17, 15) is 9.59 Å². The third-order valence-corrected chi connectivity index (χ3v) is 4.78. The van der Waals surface area contributed by atoms with Crippen LogP contribution in [-0.4, -0.2) is 34.1 Å². The van der Waals surface area contributed by atoms with Crippen LogP contribution in [-0.2, 0) is 16.0 Å². The van der Waals surface area contributed by atoms with Crippen molar-refractivity contribution in [2.24, 2.45) is 0 Å². The average Bonchev–Trinajstić information content (AvgIpc) is 2.78. The lowest BCUT2D eigenvalue weighted by atomic mass is 10.3. The number of ether oxygens (including phenoxy) is 1. The van der Waals surface area contributed by atoms with E-state index in [4.69, 9.17) is 9.84 Å². The molecule has 0 atom stereocenters. The minimum atomic E-state index is -0.897. The maximum absolute atomic E-state index is 11.7.